The van der Waals surface area contributed by atoms with Crippen molar-refractivity contribution in [2.45, 2.75) is 19.8 Å². The Bertz CT molecular complexity index is 400. The van der Waals surface area contributed by atoms with Gasteiger partial charge in [-0.2, -0.15) is 0 Å². The molecule has 6 heteroatoms. The van der Waals surface area contributed by atoms with E-state index in [4.69, 9.17) is 0 Å². The second kappa shape index (κ2) is 7.04. The third-order valence-corrected chi connectivity index (χ3v) is 3.17. The van der Waals surface area contributed by atoms with Crippen LogP contribution in [0.4, 0.5) is 5.82 Å². The van der Waals surface area contributed by atoms with E-state index < -0.39 is 0 Å². The monoisotopic (exact) mass is 263 g/mol. The predicted molar refractivity (Wildman–Crippen MR) is 74.2 cm³/mol. The highest BCUT2D eigenvalue weighted by Crippen LogP contribution is 2.05. The summed E-state index contributed by atoms with van der Waals surface area (Å²) < 4.78 is 0. The van der Waals surface area contributed by atoms with Gasteiger partial charge >= 0.3 is 0 Å². The molecule has 0 saturated carbocycles. The van der Waals surface area contributed by atoms with Crippen molar-refractivity contribution in [3.05, 3.63) is 17.8 Å². The zero-order valence-corrected chi connectivity index (χ0v) is 11.4. The molecule has 19 heavy (non-hydrogen) atoms. The Hall–Kier alpha value is -1.69. The molecule has 0 bridgehead atoms. The van der Waals surface area contributed by atoms with Gasteiger partial charge in [-0.3, -0.25) is 4.79 Å². The van der Waals surface area contributed by atoms with Gasteiger partial charge < -0.3 is 15.5 Å². The van der Waals surface area contributed by atoms with Crippen LogP contribution in [0.3, 0.4) is 0 Å². The van der Waals surface area contributed by atoms with Crippen LogP contribution in [0, 0.1) is 0 Å². The molecular weight excluding hydrogens is 242 g/mol. The number of amides is 1. The van der Waals surface area contributed by atoms with Gasteiger partial charge in [0.15, 0.2) is 5.69 Å². The lowest BCUT2D eigenvalue weighted by Crippen LogP contribution is -2.33. The Kier molecular flexibility index (Phi) is 5.09. The lowest BCUT2D eigenvalue weighted by molar-refractivity contribution is 0.0944. The third-order valence-electron chi connectivity index (χ3n) is 3.17. The number of nitrogens with zero attached hydrogens (tertiary/aromatic N) is 3. The van der Waals surface area contributed by atoms with E-state index in [1.165, 1.54) is 12.8 Å². The minimum atomic E-state index is -0.158. The first-order valence-corrected chi connectivity index (χ1v) is 6.87. The number of nitrogens with one attached hydrogen (secondary N) is 2. The predicted octanol–water partition coefficient (Wildman–Crippen LogP) is 0.734. The molecule has 0 spiro atoms. The summed E-state index contributed by atoms with van der Waals surface area (Å²) in [6.45, 7) is 6.64. The highest BCUT2D eigenvalue weighted by atomic mass is 16.1. The fourth-order valence-corrected chi connectivity index (χ4v) is 2.15. The SMILES string of the molecule is CCNc1ccc(C(=O)NCCN2CCCC2)nn1. The van der Waals surface area contributed by atoms with E-state index in [2.05, 4.69) is 25.7 Å². The maximum Gasteiger partial charge on any atom is 0.271 e. The fraction of sp³-hybridized carbons (Fsp3) is 0.615. The highest BCUT2D eigenvalue weighted by molar-refractivity contribution is 5.92. The average Bonchev–Trinajstić information content (AvgIpc) is 2.93. The van der Waals surface area contributed by atoms with Crippen molar-refractivity contribution >= 4 is 11.7 Å². The number of hydrogen-bond donors (Lipinski definition) is 2. The van der Waals surface area contributed by atoms with E-state index >= 15 is 0 Å². The number of likely N-dealkylation sites (tertiary alicyclic amines) is 1. The van der Waals surface area contributed by atoms with Crippen LogP contribution < -0.4 is 10.6 Å². The first-order chi connectivity index (χ1) is 9.29. The van der Waals surface area contributed by atoms with Crippen LogP contribution in [0.2, 0.25) is 0 Å². The smallest absolute Gasteiger partial charge is 0.271 e. The number of anilines is 1. The van der Waals surface area contributed by atoms with Crippen LogP contribution in [0.1, 0.15) is 30.3 Å². The van der Waals surface area contributed by atoms with Gasteiger partial charge in [-0.05, 0) is 45.0 Å². The van der Waals surface area contributed by atoms with E-state index in [9.17, 15) is 4.79 Å². The molecule has 0 atom stereocenters. The number of carbonyl (C=O) groups is 1. The normalized spacial score (nSPS) is 15.4. The van der Waals surface area contributed by atoms with E-state index in [1.54, 1.807) is 12.1 Å². The second-order valence-electron chi connectivity index (χ2n) is 4.64. The summed E-state index contributed by atoms with van der Waals surface area (Å²) in [6, 6.07) is 3.46. The van der Waals surface area contributed by atoms with Gasteiger partial charge in [-0.25, -0.2) is 0 Å². The van der Waals surface area contributed by atoms with E-state index in [-0.39, 0.29) is 5.91 Å². The minimum absolute atomic E-state index is 0.158. The molecule has 1 fully saturated rings. The van der Waals surface area contributed by atoms with Crippen molar-refractivity contribution in [3.63, 3.8) is 0 Å². The fourth-order valence-electron chi connectivity index (χ4n) is 2.15. The van der Waals surface area contributed by atoms with Gasteiger partial charge in [0.25, 0.3) is 5.91 Å². The van der Waals surface area contributed by atoms with E-state index in [0.717, 1.165) is 26.2 Å². The zero-order valence-electron chi connectivity index (χ0n) is 11.4. The number of rotatable bonds is 6. The van der Waals surface area contributed by atoms with Crippen molar-refractivity contribution in [1.29, 1.82) is 0 Å². The third kappa shape index (κ3) is 4.17. The molecule has 0 unspecified atom stereocenters. The zero-order chi connectivity index (χ0) is 13.5. The topological polar surface area (TPSA) is 70.2 Å². The molecule has 1 saturated heterocycles. The number of aromatic nitrogens is 2. The van der Waals surface area contributed by atoms with E-state index in [0.29, 0.717) is 18.1 Å². The largest absolute Gasteiger partial charge is 0.369 e. The van der Waals surface area contributed by atoms with Gasteiger partial charge in [0.1, 0.15) is 5.82 Å². The molecule has 1 amide bonds. The Balaban J connectivity index is 1.75. The lowest BCUT2D eigenvalue weighted by Gasteiger charge is -2.14. The maximum absolute atomic E-state index is 11.8. The summed E-state index contributed by atoms with van der Waals surface area (Å²) in [7, 11) is 0. The summed E-state index contributed by atoms with van der Waals surface area (Å²) in [5.41, 5.74) is 0.364. The Morgan fingerprint density at radius 2 is 2.11 bits per heavy atom. The molecule has 0 aromatic carbocycles. The van der Waals surface area contributed by atoms with E-state index in [1.807, 2.05) is 6.92 Å². The van der Waals surface area contributed by atoms with Crippen molar-refractivity contribution in [2.24, 2.45) is 0 Å². The molecule has 6 nitrogen and oxygen atoms in total. The number of hydrogen-bond acceptors (Lipinski definition) is 5. The molecule has 2 N–H and O–H groups in total. The number of carbonyl (C=O) groups excluding carboxylic acids is 1. The van der Waals surface area contributed by atoms with Gasteiger partial charge in [-0.1, -0.05) is 0 Å². The second-order valence-corrected chi connectivity index (χ2v) is 4.64. The Labute approximate surface area is 113 Å². The quantitative estimate of drug-likeness (QED) is 0.792. The summed E-state index contributed by atoms with van der Waals surface area (Å²) >= 11 is 0. The molecule has 2 rings (SSSR count). The molecule has 1 aliphatic heterocycles. The van der Waals surface area contributed by atoms with Crippen LogP contribution in [0.25, 0.3) is 0 Å². The summed E-state index contributed by atoms with van der Waals surface area (Å²) in [5.74, 6) is 0.533. The van der Waals surface area contributed by atoms with Crippen molar-refractivity contribution in [1.82, 2.24) is 20.4 Å². The molecule has 0 radical (unpaired) electrons. The van der Waals surface area contributed by atoms with Crippen LogP contribution >= 0.6 is 0 Å². The lowest BCUT2D eigenvalue weighted by atomic mass is 10.3. The van der Waals surface area contributed by atoms with Gasteiger partial charge in [0.05, 0.1) is 0 Å². The minimum Gasteiger partial charge on any atom is -0.369 e. The molecular formula is C13H21N5O. The maximum atomic E-state index is 11.8. The average molecular weight is 263 g/mol. The molecule has 1 aliphatic rings. The first kappa shape index (κ1) is 13.7. The van der Waals surface area contributed by atoms with Crippen LogP contribution in [-0.4, -0.2) is 53.7 Å². The van der Waals surface area contributed by atoms with Crippen molar-refractivity contribution in [3.8, 4) is 0 Å². The Morgan fingerprint density at radius 1 is 1.32 bits per heavy atom. The molecule has 1 aromatic heterocycles. The standard InChI is InChI=1S/C13H21N5O/c1-2-14-12-6-5-11(16-17-12)13(19)15-7-10-18-8-3-4-9-18/h5-6H,2-4,7-10H2,1H3,(H,14,17)(H,15,19). The van der Waals surface area contributed by atoms with Crippen LogP contribution in [0.5, 0.6) is 0 Å². The van der Waals surface area contributed by atoms with Gasteiger partial charge in [-0.15, -0.1) is 10.2 Å². The highest BCUT2D eigenvalue weighted by Gasteiger charge is 2.12. The van der Waals surface area contributed by atoms with Crippen LogP contribution in [-0.2, 0) is 0 Å². The summed E-state index contributed by atoms with van der Waals surface area (Å²) in [4.78, 5) is 14.2. The molecule has 2 heterocycles. The summed E-state index contributed by atoms with van der Waals surface area (Å²) in [6.07, 6.45) is 2.54. The van der Waals surface area contributed by atoms with Gasteiger partial charge in [0.2, 0.25) is 0 Å². The Morgan fingerprint density at radius 3 is 2.74 bits per heavy atom. The molecule has 1 aromatic rings. The van der Waals surface area contributed by atoms with Gasteiger partial charge in [0, 0.05) is 19.6 Å². The van der Waals surface area contributed by atoms with Crippen LogP contribution in [0.15, 0.2) is 12.1 Å². The summed E-state index contributed by atoms with van der Waals surface area (Å²) in [5, 5.41) is 13.8. The molecule has 104 valence electrons. The van der Waals surface area contributed by atoms with Crippen molar-refractivity contribution < 1.29 is 4.79 Å². The first-order valence-electron chi connectivity index (χ1n) is 6.87. The molecule has 0 aliphatic carbocycles. The van der Waals surface area contributed by atoms with Crippen molar-refractivity contribution in [2.75, 3.05) is 38.0 Å².